The van der Waals surface area contributed by atoms with Crippen molar-refractivity contribution in [2.45, 2.75) is 69.2 Å². The molecule has 2 aromatic carbocycles. The van der Waals surface area contributed by atoms with E-state index in [9.17, 15) is 0 Å². The number of hydrogen-bond donors (Lipinski definition) is 0. The van der Waals surface area contributed by atoms with E-state index in [0.717, 1.165) is 0 Å². The van der Waals surface area contributed by atoms with Crippen molar-refractivity contribution >= 4 is 0 Å². The summed E-state index contributed by atoms with van der Waals surface area (Å²) < 4.78 is 0. The second-order valence-electron chi connectivity index (χ2n) is 5.18. The maximum atomic E-state index is 2.20. The van der Waals surface area contributed by atoms with Gasteiger partial charge in [-0.05, 0) is 63.8 Å². The van der Waals surface area contributed by atoms with Gasteiger partial charge in [0.2, 0.25) is 0 Å². The molecular formula is C24H42Y-2. The van der Waals surface area contributed by atoms with Gasteiger partial charge in [-0.1, -0.05) is 75.2 Å². The van der Waals surface area contributed by atoms with Crippen LogP contribution in [0.15, 0.2) is 36.4 Å². The fourth-order valence-electron chi connectivity index (χ4n) is 1.78. The zero-order valence-electron chi connectivity index (χ0n) is 19.0. The largest absolute Gasteiger partial charge is 0.358 e. The average molecular weight is 420 g/mol. The molecule has 25 heavy (non-hydrogen) atoms. The molecule has 0 nitrogen and oxygen atoms in total. The molecule has 2 rings (SSSR count). The molecule has 1 heteroatoms. The maximum Gasteiger partial charge on any atom is 0 e. The molecule has 0 spiro atoms. The number of rotatable bonds is 0. The van der Waals surface area contributed by atoms with E-state index in [1.165, 1.54) is 33.4 Å². The minimum absolute atomic E-state index is 0. The Morgan fingerprint density at radius 2 is 0.680 bits per heavy atom. The van der Waals surface area contributed by atoms with Gasteiger partial charge in [-0.25, -0.2) is 0 Å². The molecule has 0 aromatic heterocycles. The van der Waals surface area contributed by atoms with Crippen molar-refractivity contribution in [2.75, 3.05) is 0 Å². The molecule has 0 bridgehead atoms. The minimum atomic E-state index is 0. The van der Waals surface area contributed by atoms with Gasteiger partial charge in [0.25, 0.3) is 0 Å². The van der Waals surface area contributed by atoms with Crippen LogP contribution in [0.1, 0.15) is 61.1 Å². The number of aryl methyl sites for hydroxylation is 6. The molecule has 0 atom stereocenters. The number of hydrogen-bond acceptors (Lipinski definition) is 0. The zero-order valence-corrected chi connectivity index (χ0v) is 21.9. The van der Waals surface area contributed by atoms with Gasteiger partial charge in [-0.15, -0.1) is 0 Å². The summed E-state index contributed by atoms with van der Waals surface area (Å²) in [5.41, 5.74) is 8.21. The van der Waals surface area contributed by atoms with Gasteiger partial charge < -0.3 is 14.9 Å². The van der Waals surface area contributed by atoms with Crippen LogP contribution in [0.25, 0.3) is 0 Å². The quantitative estimate of drug-likeness (QED) is 0.378. The maximum absolute atomic E-state index is 2.20. The van der Waals surface area contributed by atoms with Gasteiger partial charge in [-0.3, -0.25) is 0 Å². The summed E-state index contributed by atoms with van der Waals surface area (Å²) in [5.74, 6) is 0. The van der Waals surface area contributed by atoms with Crippen LogP contribution in [0.4, 0.5) is 0 Å². The van der Waals surface area contributed by atoms with Crippen molar-refractivity contribution in [3.63, 3.8) is 0 Å². The molecule has 0 saturated heterocycles. The SMILES string of the molecule is CC.CC.Cc1ccc(C)c(C)c1.Cc1ccc(C)c(C)c1.[CH3-].[CH3-].[Y]. The molecule has 0 unspecified atom stereocenters. The molecule has 1 radical (unpaired) electrons. The average Bonchev–Trinajstić information content (AvgIpc) is 2.52. The van der Waals surface area contributed by atoms with E-state index >= 15 is 0 Å². The summed E-state index contributed by atoms with van der Waals surface area (Å²) in [6.07, 6.45) is 0. The molecule has 2 aromatic rings. The van der Waals surface area contributed by atoms with E-state index < -0.39 is 0 Å². The molecule has 0 amide bonds. The molecule has 0 N–H and O–H groups in total. The Bertz CT molecular complexity index is 478. The Labute approximate surface area is 185 Å². The summed E-state index contributed by atoms with van der Waals surface area (Å²) in [5, 5.41) is 0. The molecule has 0 saturated carbocycles. The molecule has 143 valence electrons. The summed E-state index contributed by atoms with van der Waals surface area (Å²) in [6, 6.07) is 13.0. The smallest absolute Gasteiger partial charge is 0 e. The van der Waals surface area contributed by atoms with Crippen LogP contribution in [0, 0.1) is 56.4 Å². The first-order valence-electron chi connectivity index (χ1n) is 8.48. The van der Waals surface area contributed by atoms with E-state index in [-0.39, 0.29) is 47.6 Å². The third-order valence-electron chi connectivity index (χ3n) is 3.32. The van der Waals surface area contributed by atoms with Crippen LogP contribution in [-0.4, -0.2) is 0 Å². The Morgan fingerprint density at radius 3 is 0.840 bits per heavy atom. The Kier molecular flexibility index (Phi) is 30.8. The first-order chi connectivity index (χ1) is 10.4. The van der Waals surface area contributed by atoms with Crippen LogP contribution in [-0.2, 0) is 32.7 Å². The molecule has 0 fully saturated rings. The molecular weight excluding hydrogens is 377 g/mol. The second-order valence-corrected chi connectivity index (χ2v) is 5.18. The minimum Gasteiger partial charge on any atom is -0.358 e. The third-order valence-corrected chi connectivity index (χ3v) is 3.32. The Balaban J connectivity index is -0.0000000808. The van der Waals surface area contributed by atoms with E-state index in [1.54, 1.807) is 0 Å². The first kappa shape index (κ1) is 35.6. The van der Waals surface area contributed by atoms with Crippen LogP contribution in [0.2, 0.25) is 0 Å². The Hall–Kier alpha value is -0.456. The molecule has 0 aliphatic heterocycles. The monoisotopic (exact) mass is 419 g/mol. The van der Waals surface area contributed by atoms with Crippen molar-refractivity contribution in [2.24, 2.45) is 0 Å². The van der Waals surface area contributed by atoms with Crippen molar-refractivity contribution in [3.8, 4) is 0 Å². The summed E-state index contributed by atoms with van der Waals surface area (Å²) in [7, 11) is 0. The van der Waals surface area contributed by atoms with Crippen molar-refractivity contribution in [1.29, 1.82) is 0 Å². The van der Waals surface area contributed by atoms with E-state index in [2.05, 4.69) is 77.9 Å². The molecule has 0 aliphatic rings. The van der Waals surface area contributed by atoms with E-state index in [1.807, 2.05) is 27.7 Å². The predicted molar refractivity (Wildman–Crippen MR) is 117 cm³/mol. The summed E-state index contributed by atoms with van der Waals surface area (Å²) >= 11 is 0. The van der Waals surface area contributed by atoms with Crippen LogP contribution < -0.4 is 0 Å². The van der Waals surface area contributed by atoms with Gasteiger partial charge in [-0.2, -0.15) is 0 Å². The first-order valence-corrected chi connectivity index (χ1v) is 8.48. The van der Waals surface area contributed by atoms with E-state index in [0.29, 0.717) is 0 Å². The van der Waals surface area contributed by atoms with Gasteiger partial charge in [0.15, 0.2) is 0 Å². The standard InChI is InChI=1S/2C9H12.2C2H6.2CH3.Y/c2*1-7-4-5-8(2)9(3)6-7;2*1-2;;;/h2*4-6H,1-3H3;2*1-2H3;2*1H3;/q;;;;2*-1;. The molecule has 0 heterocycles. The second kappa shape index (κ2) is 21.6. The molecule has 0 aliphatic carbocycles. The van der Waals surface area contributed by atoms with Crippen molar-refractivity contribution < 1.29 is 32.7 Å². The van der Waals surface area contributed by atoms with Crippen LogP contribution in [0.5, 0.6) is 0 Å². The fraction of sp³-hybridized carbons (Fsp3) is 0.417. The van der Waals surface area contributed by atoms with Gasteiger partial charge >= 0.3 is 0 Å². The van der Waals surface area contributed by atoms with Gasteiger partial charge in [0.1, 0.15) is 0 Å². The number of benzene rings is 2. The van der Waals surface area contributed by atoms with Crippen LogP contribution in [0.3, 0.4) is 0 Å². The van der Waals surface area contributed by atoms with Crippen molar-refractivity contribution in [3.05, 3.63) is 84.6 Å². The van der Waals surface area contributed by atoms with Crippen LogP contribution >= 0.6 is 0 Å². The van der Waals surface area contributed by atoms with Gasteiger partial charge in [0.05, 0.1) is 0 Å². The normalized spacial score (nSPS) is 7.44. The fourth-order valence-corrected chi connectivity index (χ4v) is 1.78. The predicted octanol–water partition coefficient (Wildman–Crippen LogP) is 8.17. The summed E-state index contributed by atoms with van der Waals surface area (Å²) in [4.78, 5) is 0. The summed E-state index contributed by atoms with van der Waals surface area (Å²) in [6.45, 7) is 20.8. The Morgan fingerprint density at radius 1 is 0.440 bits per heavy atom. The van der Waals surface area contributed by atoms with E-state index in [4.69, 9.17) is 0 Å². The van der Waals surface area contributed by atoms with Gasteiger partial charge in [0, 0.05) is 32.7 Å². The topological polar surface area (TPSA) is 0 Å². The zero-order chi connectivity index (χ0) is 17.7. The van der Waals surface area contributed by atoms with Crippen molar-refractivity contribution in [1.82, 2.24) is 0 Å². The third kappa shape index (κ3) is 16.7.